The van der Waals surface area contributed by atoms with Crippen LogP contribution in [0.4, 0.5) is 21.9 Å². The van der Waals surface area contributed by atoms with Crippen LogP contribution in [0.5, 0.6) is 11.5 Å². The molecule has 0 aliphatic rings. The molecule has 188 valence electrons. The first kappa shape index (κ1) is 26.2. The minimum Gasteiger partial charge on any atom is -0.457 e. The number of hydrogen-bond donors (Lipinski definition) is 2. The zero-order valence-corrected chi connectivity index (χ0v) is 20.2. The molecule has 0 fully saturated rings. The van der Waals surface area contributed by atoms with Crippen molar-refractivity contribution in [3.8, 4) is 11.5 Å². The van der Waals surface area contributed by atoms with Crippen LogP contribution in [-0.2, 0) is 4.79 Å². The number of carbonyl (C=O) groups is 2. The van der Waals surface area contributed by atoms with Crippen LogP contribution in [0.3, 0.4) is 0 Å². The summed E-state index contributed by atoms with van der Waals surface area (Å²) in [5.41, 5.74) is 0.961. The first-order valence-corrected chi connectivity index (χ1v) is 11.9. The molecule has 0 unspecified atom stereocenters. The topological polar surface area (TPSA) is 114 Å². The Kier molecular flexibility index (Phi) is 9.81. The van der Waals surface area contributed by atoms with Crippen LogP contribution in [0.2, 0.25) is 0 Å². The van der Waals surface area contributed by atoms with E-state index in [0.717, 1.165) is 19.3 Å². The van der Waals surface area contributed by atoms with E-state index < -0.39 is 11.0 Å². The molecule has 36 heavy (non-hydrogen) atoms. The lowest BCUT2D eigenvalue weighted by molar-refractivity contribution is -0.384. The summed E-state index contributed by atoms with van der Waals surface area (Å²) in [5, 5.41) is 16.5. The Bertz CT molecular complexity index is 1140. The van der Waals surface area contributed by atoms with Crippen molar-refractivity contribution in [2.45, 2.75) is 32.6 Å². The molecule has 0 bridgehead atoms. The van der Waals surface area contributed by atoms with E-state index in [-0.39, 0.29) is 24.7 Å². The summed E-state index contributed by atoms with van der Waals surface area (Å²) in [5.74, 6) is 1.26. The Morgan fingerprint density at radius 3 is 2.22 bits per heavy atom. The number of urea groups is 1. The summed E-state index contributed by atoms with van der Waals surface area (Å²) in [7, 11) is 0. The number of anilines is 2. The number of ether oxygens (including phenoxy) is 1. The summed E-state index contributed by atoms with van der Waals surface area (Å²) in [6.07, 6.45) is 3.31. The molecule has 0 atom stereocenters. The summed E-state index contributed by atoms with van der Waals surface area (Å²) in [4.78, 5) is 37.1. The van der Waals surface area contributed by atoms with Crippen LogP contribution in [-0.4, -0.2) is 30.0 Å². The molecule has 0 spiro atoms. The molecule has 3 amide bonds. The number of unbranched alkanes of at least 4 members (excludes halogenated alkanes) is 2. The van der Waals surface area contributed by atoms with Crippen LogP contribution >= 0.6 is 0 Å². The first-order chi connectivity index (χ1) is 17.5. The van der Waals surface area contributed by atoms with E-state index in [4.69, 9.17) is 4.74 Å². The van der Waals surface area contributed by atoms with Crippen molar-refractivity contribution >= 4 is 29.0 Å². The van der Waals surface area contributed by atoms with E-state index in [1.54, 1.807) is 24.3 Å². The van der Waals surface area contributed by atoms with E-state index in [0.29, 0.717) is 29.3 Å². The van der Waals surface area contributed by atoms with Crippen LogP contribution in [0.25, 0.3) is 0 Å². The van der Waals surface area contributed by atoms with E-state index >= 15 is 0 Å². The molecule has 0 aromatic heterocycles. The Labute approximate surface area is 210 Å². The summed E-state index contributed by atoms with van der Waals surface area (Å²) >= 11 is 0. The van der Waals surface area contributed by atoms with Gasteiger partial charge in [-0.2, -0.15) is 0 Å². The van der Waals surface area contributed by atoms with Crippen molar-refractivity contribution in [1.29, 1.82) is 0 Å². The average molecular weight is 491 g/mol. The largest absolute Gasteiger partial charge is 0.457 e. The molecule has 2 N–H and O–H groups in total. The van der Waals surface area contributed by atoms with Gasteiger partial charge in [-0.3, -0.25) is 19.8 Å². The van der Waals surface area contributed by atoms with Gasteiger partial charge in [0.25, 0.3) is 5.69 Å². The van der Waals surface area contributed by atoms with Gasteiger partial charge in [0.05, 0.1) is 4.92 Å². The number of hydrogen-bond acceptors (Lipinski definition) is 5. The summed E-state index contributed by atoms with van der Waals surface area (Å²) in [6.45, 7) is 2.59. The minimum absolute atomic E-state index is 0.0502. The number of rotatable bonds is 12. The highest BCUT2D eigenvalue weighted by Crippen LogP contribution is 2.25. The van der Waals surface area contributed by atoms with Gasteiger partial charge in [-0.15, -0.1) is 0 Å². The van der Waals surface area contributed by atoms with Crippen molar-refractivity contribution in [2.75, 3.05) is 23.3 Å². The Hall–Kier alpha value is -4.40. The van der Waals surface area contributed by atoms with E-state index in [1.165, 1.54) is 29.2 Å². The van der Waals surface area contributed by atoms with E-state index in [9.17, 15) is 19.7 Å². The third kappa shape index (κ3) is 8.12. The molecule has 0 aliphatic carbocycles. The number of nitrogens with zero attached hydrogens (tertiary/aromatic N) is 2. The monoisotopic (exact) mass is 490 g/mol. The highest BCUT2D eigenvalue weighted by molar-refractivity contribution is 6.01. The number of nitro benzene ring substituents is 1. The van der Waals surface area contributed by atoms with Crippen molar-refractivity contribution < 1.29 is 19.2 Å². The standard InChI is InChI=1S/C27H30N4O5/c1-2-3-5-10-26(32)28-19-20-30(27(33)29-21-11-13-23(14-12-21)31(34)35)22-15-17-25(18-16-22)36-24-8-6-4-7-9-24/h4,6-9,11-18H,2-3,5,10,19-20H2,1H3,(H,28,32)(H,29,33). The normalized spacial score (nSPS) is 10.4. The van der Waals surface area contributed by atoms with Gasteiger partial charge in [-0.05, 0) is 55.0 Å². The fourth-order valence-electron chi connectivity index (χ4n) is 3.46. The average Bonchev–Trinajstić information content (AvgIpc) is 2.88. The second kappa shape index (κ2) is 13.5. The first-order valence-electron chi connectivity index (χ1n) is 11.9. The molecule has 0 radical (unpaired) electrons. The number of amides is 3. The van der Waals surface area contributed by atoms with Gasteiger partial charge in [-0.1, -0.05) is 38.0 Å². The summed E-state index contributed by atoms with van der Waals surface area (Å²) < 4.78 is 5.83. The maximum atomic E-state index is 13.1. The van der Waals surface area contributed by atoms with Crippen molar-refractivity contribution in [3.63, 3.8) is 0 Å². The molecule has 0 aliphatic heterocycles. The molecule has 0 heterocycles. The lowest BCUT2D eigenvalue weighted by Gasteiger charge is -2.24. The Morgan fingerprint density at radius 1 is 0.917 bits per heavy atom. The molecule has 3 aromatic carbocycles. The van der Waals surface area contributed by atoms with Crippen LogP contribution in [0, 0.1) is 10.1 Å². The van der Waals surface area contributed by atoms with E-state index in [1.807, 2.05) is 30.3 Å². The highest BCUT2D eigenvalue weighted by atomic mass is 16.6. The molecule has 3 aromatic rings. The highest BCUT2D eigenvalue weighted by Gasteiger charge is 2.17. The van der Waals surface area contributed by atoms with E-state index in [2.05, 4.69) is 17.6 Å². The second-order valence-electron chi connectivity index (χ2n) is 8.10. The molecule has 0 saturated carbocycles. The minimum atomic E-state index is -0.500. The van der Waals surface area contributed by atoms with Gasteiger partial charge in [0.2, 0.25) is 5.91 Å². The van der Waals surface area contributed by atoms with Crippen molar-refractivity contribution in [1.82, 2.24) is 5.32 Å². The van der Waals surface area contributed by atoms with Crippen LogP contribution < -0.4 is 20.3 Å². The third-order valence-electron chi connectivity index (χ3n) is 5.37. The zero-order chi connectivity index (χ0) is 25.8. The molecule has 3 rings (SSSR count). The van der Waals surface area contributed by atoms with Crippen molar-refractivity contribution in [3.05, 3.63) is 89.0 Å². The number of para-hydroxylation sites is 1. The van der Waals surface area contributed by atoms with Gasteiger partial charge in [0, 0.05) is 43.0 Å². The number of nitrogens with one attached hydrogen (secondary N) is 2. The fraction of sp³-hybridized carbons (Fsp3) is 0.259. The maximum Gasteiger partial charge on any atom is 0.326 e. The van der Waals surface area contributed by atoms with Gasteiger partial charge in [0.1, 0.15) is 11.5 Å². The molecular weight excluding hydrogens is 460 g/mol. The van der Waals surface area contributed by atoms with Gasteiger partial charge < -0.3 is 15.4 Å². The fourth-order valence-corrected chi connectivity index (χ4v) is 3.46. The molecule has 9 nitrogen and oxygen atoms in total. The predicted octanol–water partition coefficient (Wildman–Crippen LogP) is 6.12. The SMILES string of the molecule is CCCCCC(=O)NCCN(C(=O)Nc1ccc([N+](=O)[O-])cc1)c1ccc(Oc2ccccc2)cc1. The zero-order valence-electron chi connectivity index (χ0n) is 20.2. The van der Waals surface area contributed by atoms with Crippen LogP contribution in [0.15, 0.2) is 78.9 Å². The molecule has 0 saturated heterocycles. The second-order valence-corrected chi connectivity index (χ2v) is 8.10. The lowest BCUT2D eigenvalue weighted by atomic mass is 10.2. The predicted molar refractivity (Wildman–Crippen MR) is 140 cm³/mol. The summed E-state index contributed by atoms with van der Waals surface area (Å²) in [6, 6.07) is 21.6. The smallest absolute Gasteiger partial charge is 0.326 e. The number of benzene rings is 3. The molecular formula is C27H30N4O5. The number of non-ortho nitro benzene ring substituents is 1. The third-order valence-corrected chi connectivity index (χ3v) is 5.37. The van der Waals surface area contributed by atoms with Gasteiger partial charge in [-0.25, -0.2) is 4.79 Å². The number of carbonyl (C=O) groups excluding carboxylic acids is 2. The Morgan fingerprint density at radius 2 is 1.58 bits per heavy atom. The quantitative estimate of drug-likeness (QED) is 0.180. The van der Waals surface area contributed by atoms with Gasteiger partial charge in [0.15, 0.2) is 0 Å². The lowest BCUT2D eigenvalue weighted by Crippen LogP contribution is -2.41. The van der Waals surface area contributed by atoms with Crippen LogP contribution in [0.1, 0.15) is 32.6 Å². The number of nitro groups is 1. The molecule has 9 heteroatoms. The van der Waals surface area contributed by atoms with Gasteiger partial charge >= 0.3 is 6.03 Å². The Balaban J connectivity index is 1.69. The maximum absolute atomic E-state index is 13.1. The van der Waals surface area contributed by atoms with Crippen molar-refractivity contribution in [2.24, 2.45) is 0 Å².